The molecule has 106 valence electrons. The van der Waals surface area contributed by atoms with E-state index < -0.39 is 5.97 Å². The summed E-state index contributed by atoms with van der Waals surface area (Å²) in [5, 5.41) is 13.6. The van der Waals surface area contributed by atoms with Crippen molar-refractivity contribution >= 4 is 45.8 Å². The van der Waals surface area contributed by atoms with Crippen LogP contribution >= 0.6 is 23.2 Å². The van der Waals surface area contributed by atoms with Crippen molar-refractivity contribution in [2.45, 2.75) is 13.3 Å². The van der Waals surface area contributed by atoms with E-state index in [9.17, 15) is 4.79 Å². The first kappa shape index (κ1) is 14.7. The number of halogens is 2. The number of rotatable bonds is 4. The van der Waals surface area contributed by atoms with Gasteiger partial charge in [0.15, 0.2) is 5.71 Å². The van der Waals surface area contributed by atoms with Crippen LogP contribution in [0, 0.1) is 0 Å². The molecule has 2 N–H and O–H groups in total. The third-order valence-corrected chi connectivity index (χ3v) is 3.28. The minimum Gasteiger partial charge on any atom is -0.461 e. The van der Waals surface area contributed by atoms with E-state index in [1.165, 1.54) is 0 Å². The molecule has 0 amide bonds. The van der Waals surface area contributed by atoms with Crippen LogP contribution in [0.1, 0.15) is 12.5 Å². The minimum atomic E-state index is -0.658. The number of oxime groups is 1. The number of hydrogen-bond acceptors (Lipinski definition) is 4. The van der Waals surface area contributed by atoms with Gasteiger partial charge in [0.05, 0.1) is 11.6 Å². The molecule has 2 rings (SSSR count). The quantitative estimate of drug-likeness (QED) is 0.393. The lowest BCUT2D eigenvalue weighted by atomic mass is 10.1. The summed E-state index contributed by atoms with van der Waals surface area (Å²) < 4.78 is 4.81. The zero-order chi connectivity index (χ0) is 14.7. The Labute approximate surface area is 125 Å². The van der Waals surface area contributed by atoms with E-state index in [-0.39, 0.29) is 18.7 Å². The predicted octanol–water partition coefficient (Wildman–Crippen LogP) is 3.41. The number of nitrogens with zero attached hydrogens (tertiary/aromatic N) is 1. The second kappa shape index (κ2) is 6.15. The number of esters is 1. The molecule has 0 bridgehead atoms. The third-order valence-electron chi connectivity index (χ3n) is 2.77. The molecule has 20 heavy (non-hydrogen) atoms. The van der Waals surface area contributed by atoms with Crippen LogP contribution in [0.25, 0.3) is 10.9 Å². The number of aromatic nitrogens is 1. The normalized spacial score (nSPS) is 11.8. The number of benzene rings is 1. The van der Waals surface area contributed by atoms with Crippen LogP contribution in [-0.4, -0.2) is 28.5 Å². The first-order chi connectivity index (χ1) is 9.56. The number of fused-ring (bicyclic) bond motifs is 1. The van der Waals surface area contributed by atoms with Crippen LogP contribution in [0.2, 0.25) is 10.0 Å². The highest BCUT2D eigenvalue weighted by atomic mass is 35.5. The first-order valence-electron chi connectivity index (χ1n) is 5.89. The molecule has 1 aromatic heterocycles. The van der Waals surface area contributed by atoms with E-state index in [4.69, 9.17) is 33.1 Å². The average molecular weight is 315 g/mol. The predicted molar refractivity (Wildman–Crippen MR) is 77.9 cm³/mol. The highest BCUT2D eigenvalue weighted by molar-refractivity contribution is 6.40. The summed E-state index contributed by atoms with van der Waals surface area (Å²) in [4.78, 5) is 14.6. The number of H-pyrrole nitrogens is 1. The number of aromatic amines is 1. The van der Waals surface area contributed by atoms with Crippen molar-refractivity contribution in [2.24, 2.45) is 5.16 Å². The lowest BCUT2D eigenvalue weighted by molar-refractivity contribution is -0.135. The van der Waals surface area contributed by atoms with Gasteiger partial charge in [0.25, 0.3) is 0 Å². The van der Waals surface area contributed by atoms with Crippen LogP contribution in [-0.2, 0) is 16.0 Å². The van der Waals surface area contributed by atoms with Crippen LogP contribution in [0.5, 0.6) is 0 Å². The number of ether oxygens (including phenoxy) is 1. The van der Waals surface area contributed by atoms with E-state index in [2.05, 4.69) is 10.1 Å². The Kier molecular flexibility index (Phi) is 4.52. The van der Waals surface area contributed by atoms with Gasteiger partial charge in [0.2, 0.25) is 0 Å². The Morgan fingerprint density at radius 2 is 2.20 bits per heavy atom. The van der Waals surface area contributed by atoms with Crippen molar-refractivity contribution < 1.29 is 14.7 Å². The Hall–Kier alpha value is -1.72. The standard InChI is InChI=1S/C13H12Cl2N2O3/c1-2-20-13(18)11(17-19)3-7-6-16-10-5-8(14)4-9(15)12(7)10/h4-6,16,19H,2-3H2,1H3/b17-11+. The number of carbonyl (C=O) groups excluding carboxylic acids is 1. The van der Waals surface area contributed by atoms with Crippen molar-refractivity contribution in [2.75, 3.05) is 6.61 Å². The van der Waals surface area contributed by atoms with Gasteiger partial charge in [0, 0.05) is 28.5 Å². The van der Waals surface area contributed by atoms with Gasteiger partial charge in [-0.05, 0) is 24.6 Å². The fourth-order valence-corrected chi connectivity index (χ4v) is 2.55. The van der Waals surface area contributed by atoms with E-state index in [1.54, 1.807) is 25.3 Å². The zero-order valence-electron chi connectivity index (χ0n) is 10.6. The van der Waals surface area contributed by atoms with E-state index in [0.29, 0.717) is 10.0 Å². The summed E-state index contributed by atoms with van der Waals surface area (Å²) in [6.07, 6.45) is 1.80. The number of nitrogens with one attached hydrogen (secondary N) is 1. The van der Waals surface area contributed by atoms with Gasteiger partial charge in [-0.25, -0.2) is 4.79 Å². The summed E-state index contributed by atoms with van der Waals surface area (Å²) in [7, 11) is 0. The van der Waals surface area contributed by atoms with E-state index in [1.807, 2.05) is 0 Å². The molecule has 0 atom stereocenters. The van der Waals surface area contributed by atoms with Gasteiger partial charge < -0.3 is 14.9 Å². The van der Waals surface area contributed by atoms with E-state index in [0.717, 1.165) is 16.5 Å². The molecular formula is C13H12Cl2N2O3. The summed E-state index contributed by atoms with van der Waals surface area (Å²) in [5.74, 6) is -0.658. The number of carbonyl (C=O) groups is 1. The smallest absolute Gasteiger partial charge is 0.356 e. The molecule has 0 saturated carbocycles. The van der Waals surface area contributed by atoms with Gasteiger partial charge >= 0.3 is 5.97 Å². The van der Waals surface area contributed by atoms with Crippen LogP contribution < -0.4 is 0 Å². The molecule has 1 aromatic carbocycles. The fourth-order valence-electron chi connectivity index (χ4n) is 1.93. The molecule has 0 aliphatic carbocycles. The highest BCUT2D eigenvalue weighted by Crippen LogP contribution is 2.30. The summed E-state index contributed by atoms with van der Waals surface area (Å²) in [5.41, 5.74) is 1.39. The molecule has 0 saturated heterocycles. The van der Waals surface area contributed by atoms with Gasteiger partial charge in [-0.2, -0.15) is 0 Å². The minimum absolute atomic E-state index is 0.0845. The first-order valence-corrected chi connectivity index (χ1v) is 6.65. The largest absolute Gasteiger partial charge is 0.461 e. The molecule has 2 aromatic rings. The molecule has 0 fully saturated rings. The van der Waals surface area contributed by atoms with Gasteiger partial charge in [0.1, 0.15) is 0 Å². The summed E-state index contributed by atoms with van der Waals surface area (Å²) in [6.45, 7) is 1.89. The molecule has 0 aliphatic rings. The Bertz CT molecular complexity index is 680. The molecular weight excluding hydrogens is 303 g/mol. The van der Waals surface area contributed by atoms with Crippen LogP contribution in [0.4, 0.5) is 0 Å². The van der Waals surface area contributed by atoms with Crippen molar-refractivity contribution in [3.05, 3.63) is 33.9 Å². The van der Waals surface area contributed by atoms with E-state index >= 15 is 0 Å². The van der Waals surface area contributed by atoms with Gasteiger partial charge in [-0.1, -0.05) is 28.4 Å². The second-order valence-electron chi connectivity index (χ2n) is 4.07. The fraction of sp³-hybridized carbons (Fsp3) is 0.231. The van der Waals surface area contributed by atoms with Gasteiger partial charge in [-0.3, -0.25) is 0 Å². The lowest BCUT2D eigenvalue weighted by Crippen LogP contribution is -2.19. The number of hydrogen-bond donors (Lipinski definition) is 2. The highest BCUT2D eigenvalue weighted by Gasteiger charge is 2.18. The Morgan fingerprint density at radius 1 is 1.45 bits per heavy atom. The van der Waals surface area contributed by atoms with Crippen molar-refractivity contribution in [3.8, 4) is 0 Å². The maximum absolute atomic E-state index is 11.6. The zero-order valence-corrected chi connectivity index (χ0v) is 12.1. The third kappa shape index (κ3) is 2.89. The topological polar surface area (TPSA) is 74.7 Å². The molecule has 1 heterocycles. The molecule has 5 nitrogen and oxygen atoms in total. The second-order valence-corrected chi connectivity index (χ2v) is 4.91. The van der Waals surface area contributed by atoms with Crippen LogP contribution in [0.15, 0.2) is 23.5 Å². The monoisotopic (exact) mass is 314 g/mol. The maximum atomic E-state index is 11.6. The SMILES string of the molecule is CCOC(=O)/C(Cc1c[nH]c2cc(Cl)cc(Cl)c12)=N/O. The molecule has 0 aliphatic heterocycles. The lowest BCUT2D eigenvalue weighted by Gasteiger charge is -2.04. The molecule has 7 heteroatoms. The Morgan fingerprint density at radius 3 is 2.85 bits per heavy atom. The van der Waals surface area contributed by atoms with Gasteiger partial charge in [-0.15, -0.1) is 0 Å². The molecule has 0 radical (unpaired) electrons. The molecule has 0 unspecified atom stereocenters. The maximum Gasteiger partial charge on any atom is 0.356 e. The molecule has 0 spiro atoms. The van der Waals surface area contributed by atoms with Crippen LogP contribution in [0.3, 0.4) is 0 Å². The average Bonchev–Trinajstić information content (AvgIpc) is 2.79. The summed E-state index contributed by atoms with van der Waals surface area (Å²) >= 11 is 12.1. The Balaban J connectivity index is 2.37. The van der Waals surface area contributed by atoms with Crippen molar-refractivity contribution in [3.63, 3.8) is 0 Å². The van der Waals surface area contributed by atoms with Crippen molar-refractivity contribution in [1.82, 2.24) is 4.98 Å². The van der Waals surface area contributed by atoms with Crippen molar-refractivity contribution in [1.29, 1.82) is 0 Å². The summed E-state index contributed by atoms with van der Waals surface area (Å²) in [6, 6.07) is 3.34.